The standard InChI is InChI=1S/C20H23NO5S/c1-4-27(24,25)18-13-9-8-12-17(18)20(23)26-14-19(22)21(3)15(2)16-10-6-5-7-11-16/h5-13,15H,4,14H2,1-3H3/t15-/m0/s1. The summed E-state index contributed by atoms with van der Waals surface area (Å²) in [6.07, 6.45) is 0. The quantitative estimate of drug-likeness (QED) is 0.680. The number of carbonyl (C=O) groups excluding carboxylic acids is 2. The zero-order valence-electron chi connectivity index (χ0n) is 15.6. The molecule has 27 heavy (non-hydrogen) atoms. The van der Waals surface area contributed by atoms with E-state index < -0.39 is 22.4 Å². The molecule has 0 aliphatic carbocycles. The molecule has 0 saturated carbocycles. The Balaban J connectivity index is 2.07. The molecule has 0 aliphatic rings. The topological polar surface area (TPSA) is 80.7 Å². The minimum absolute atomic E-state index is 0.0640. The van der Waals surface area contributed by atoms with Crippen LogP contribution in [0.5, 0.6) is 0 Å². The summed E-state index contributed by atoms with van der Waals surface area (Å²) < 4.78 is 29.4. The van der Waals surface area contributed by atoms with Crippen LogP contribution in [0.15, 0.2) is 59.5 Å². The summed E-state index contributed by atoms with van der Waals surface area (Å²) in [5.74, 6) is -1.35. The molecule has 2 aromatic rings. The molecule has 0 unspecified atom stereocenters. The Bertz CT molecular complexity index is 909. The second-order valence-corrected chi connectivity index (χ2v) is 8.31. The highest BCUT2D eigenvalue weighted by molar-refractivity contribution is 7.91. The second-order valence-electron chi connectivity index (χ2n) is 6.07. The summed E-state index contributed by atoms with van der Waals surface area (Å²) in [4.78, 5) is 26.1. The van der Waals surface area contributed by atoms with E-state index in [1.165, 1.54) is 24.0 Å². The summed E-state index contributed by atoms with van der Waals surface area (Å²) in [5, 5.41) is 0. The van der Waals surface area contributed by atoms with Crippen molar-refractivity contribution in [1.29, 1.82) is 0 Å². The Kier molecular flexibility index (Phi) is 6.74. The average Bonchev–Trinajstić information content (AvgIpc) is 2.71. The number of sulfone groups is 1. The first-order valence-corrected chi connectivity index (χ1v) is 10.2. The van der Waals surface area contributed by atoms with Gasteiger partial charge in [-0.25, -0.2) is 13.2 Å². The number of nitrogens with zero attached hydrogens (tertiary/aromatic N) is 1. The monoisotopic (exact) mass is 389 g/mol. The van der Waals surface area contributed by atoms with Gasteiger partial charge in [-0.05, 0) is 24.6 Å². The molecule has 0 aromatic heterocycles. The Morgan fingerprint density at radius 2 is 1.63 bits per heavy atom. The van der Waals surface area contributed by atoms with Gasteiger partial charge in [0.2, 0.25) is 0 Å². The highest BCUT2D eigenvalue weighted by Crippen LogP contribution is 2.20. The maximum absolute atomic E-state index is 12.4. The number of rotatable bonds is 7. The van der Waals surface area contributed by atoms with Gasteiger partial charge >= 0.3 is 5.97 Å². The minimum Gasteiger partial charge on any atom is -0.452 e. The van der Waals surface area contributed by atoms with Crippen molar-refractivity contribution in [2.45, 2.75) is 24.8 Å². The normalized spacial score (nSPS) is 12.3. The van der Waals surface area contributed by atoms with Gasteiger partial charge in [0.15, 0.2) is 16.4 Å². The van der Waals surface area contributed by atoms with Gasteiger partial charge in [-0.15, -0.1) is 0 Å². The number of esters is 1. The molecular weight excluding hydrogens is 366 g/mol. The molecule has 0 aliphatic heterocycles. The molecule has 0 heterocycles. The molecule has 0 fully saturated rings. The molecule has 144 valence electrons. The van der Waals surface area contributed by atoms with E-state index in [1.54, 1.807) is 19.2 Å². The van der Waals surface area contributed by atoms with Crippen molar-refractivity contribution in [2.75, 3.05) is 19.4 Å². The Morgan fingerprint density at radius 3 is 2.26 bits per heavy atom. The largest absolute Gasteiger partial charge is 0.452 e. The number of carbonyl (C=O) groups is 2. The van der Waals surface area contributed by atoms with Gasteiger partial charge < -0.3 is 9.64 Å². The summed E-state index contributed by atoms with van der Waals surface area (Å²) >= 11 is 0. The number of hydrogen-bond donors (Lipinski definition) is 0. The fourth-order valence-electron chi connectivity index (χ4n) is 2.54. The lowest BCUT2D eigenvalue weighted by atomic mass is 10.1. The van der Waals surface area contributed by atoms with Gasteiger partial charge in [0, 0.05) is 7.05 Å². The Labute approximate surface area is 159 Å². The first-order valence-electron chi connectivity index (χ1n) is 8.57. The van der Waals surface area contributed by atoms with Crippen LogP contribution in [0.4, 0.5) is 0 Å². The van der Waals surface area contributed by atoms with E-state index in [0.717, 1.165) is 5.56 Å². The third-order valence-corrected chi connectivity index (χ3v) is 6.19. The zero-order valence-corrected chi connectivity index (χ0v) is 16.4. The highest BCUT2D eigenvalue weighted by atomic mass is 32.2. The van der Waals surface area contributed by atoms with E-state index in [2.05, 4.69) is 0 Å². The zero-order chi connectivity index (χ0) is 20.0. The summed E-state index contributed by atoms with van der Waals surface area (Å²) in [5.41, 5.74) is 0.893. The van der Waals surface area contributed by atoms with Gasteiger partial charge in [-0.1, -0.05) is 49.4 Å². The summed E-state index contributed by atoms with van der Waals surface area (Å²) in [6, 6.07) is 15.1. The van der Waals surface area contributed by atoms with Crippen LogP contribution in [0.3, 0.4) is 0 Å². The molecule has 0 N–H and O–H groups in total. The van der Waals surface area contributed by atoms with Crippen molar-refractivity contribution in [1.82, 2.24) is 4.90 Å². The number of likely N-dealkylation sites (N-methyl/N-ethyl adjacent to an activating group) is 1. The predicted octanol–water partition coefficient (Wildman–Crippen LogP) is 2.86. The van der Waals surface area contributed by atoms with Crippen LogP contribution in [0, 0.1) is 0 Å². The van der Waals surface area contributed by atoms with Crippen molar-refractivity contribution in [3.63, 3.8) is 0 Å². The molecule has 2 rings (SSSR count). The van der Waals surface area contributed by atoms with Crippen molar-refractivity contribution in [2.24, 2.45) is 0 Å². The van der Waals surface area contributed by atoms with Crippen molar-refractivity contribution in [3.8, 4) is 0 Å². The van der Waals surface area contributed by atoms with Crippen molar-refractivity contribution in [3.05, 3.63) is 65.7 Å². The van der Waals surface area contributed by atoms with E-state index in [9.17, 15) is 18.0 Å². The smallest absolute Gasteiger partial charge is 0.339 e. The SMILES string of the molecule is CCS(=O)(=O)c1ccccc1C(=O)OCC(=O)N(C)[C@@H](C)c1ccccc1. The molecule has 1 amide bonds. The van der Waals surface area contributed by atoms with Crippen molar-refractivity contribution < 1.29 is 22.7 Å². The summed E-state index contributed by atoms with van der Waals surface area (Å²) in [7, 11) is -1.95. The maximum Gasteiger partial charge on any atom is 0.339 e. The highest BCUT2D eigenvalue weighted by Gasteiger charge is 2.23. The molecule has 2 aromatic carbocycles. The molecule has 1 atom stereocenters. The van der Waals surface area contributed by atoms with Gasteiger partial charge in [0.25, 0.3) is 5.91 Å². The second kappa shape index (κ2) is 8.81. The van der Waals surface area contributed by atoms with Crippen LogP contribution in [-0.4, -0.2) is 44.6 Å². The van der Waals surface area contributed by atoms with E-state index in [4.69, 9.17) is 4.74 Å². The van der Waals surface area contributed by atoms with Crippen molar-refractivity contribution >= 4 is 21.7 Å². The maximum atomic E-state index is 12.4. The third-order valence-electron chi connectivity index (χ3n) is 4.41. The average molecular weight is 389 g/mol. The van der Waals surface area contributed by atoms with Crippen LogP contribution in [0.2, 0.25) is 0 Å². The molecule has 6 nitrogen and oxygen atoms in total. The van der Waals surface area contributed by atoms with Crippen LogP contribution in [-0.2, 0) is 19.4 Å². The van der Waals surface area contributed by atoms with E-state index in [1.807, 2.05) is 37.3 Å². The van der Waals surface area contributed by atoms with E-state index in [-0.39, 0.29) is 28.2 Å². The van der Waals surface area contributed by atoms with Crippen LogP contribution >= 0.6 is 0 Å². The summed E-state index contributed by atoms with van der Waals surface area (Å²) in [6.45, 7) is 2.91. The lowest BCUT2D eigenvalue weighted by molar-refractivity contribution is -0.135. The third kappa shape index (κ3) is 4.95. The first-order chi connectivity index (χ1) is 12.8. The van der Waals surface area contributed by atoms with Crippen LogP contribution in [0.1, 0.15) is 35.8 Å². The van der Waals surface area contributed by atoms with E-state index in [0.29, 0.717) is 0 Å². The fourth-order valence-corrected chi connectivity index (χ4v) is 3.62. The Morgan fingerprint density at radius 1 is 1.04 bits per heavy atom. The molecule has 0 saturated heterocycles. The predicted molar refractivity (Wildman–Crippen MR) is 102 cm³/mol. The number of ether oxygens (including phenoxy) is 1. The van der Waals surface area contributed by atoms with Gasteiger partial charge in [-0.2, -0.15) is 0 Å². The molecule has 0 spiro atoms. The van der Waals surface area contributed by atoms with Crippen LogP contribution in [0.25, 0.3) is 0 Å². The lowest BCUT2D eigenvalue weighted by Crippen LogP contribution is -2.33. The number of benzene rings is 2. The van der Waals surface area contributed by atoms with Gasteiger partial charge in [0.1, 0.15) is 0 Å². The molecule has 0 bridgehead atoms. The molecule has 0 radical (unpaired) electrons. The molecular formula is C20H23NO5S. The lowest BCUT2D eigenvalue weighted by Gasteiger charge is -2.25. The van der Waals surface area contributed by atoms with Gasteiger partial charge in [-0.3, -0.25) is 4.79 Å². The van der Waals surface area contributed by atoms with Gasteiger partial charge in [0.05, 0.1) is 22.3 Å². The van der Waals surface area contributed by atoms with Crippen LogP contribution < -0.4 is 0 Å². The first kappa shape index (κ1) is 20.6. The van der Waals surface area contributed by atoms with E-state index >= 15 is 0 Å². The minimum atomic E-state index is -3.57. The molecule has 7 heteroatoms. The number of hydrogen-bond acceptors (Lipinski definition) is 5. The fraction of sp³-hybridized carbons (Fsp3) is 0.300. The number of amides is 1. The Hall–Kier alpha value is -2.67.